The van der Waals surface area contributed by atoms with Crippen LogP contribution in [0.1, 0.15) is 53.4 Å². The summed E-state index contributed by atoms with van der Waals surface area (Å²) in [5.74, 6) is 0.769. The van der Waals surface area contributed by atoms with Crippen LogP contribution in [0.2, 0.25) is 0 Å². The summed E-state index contributed by atoms with van der Waals surface area (Å²) in [5, 5.41) is 0. The van der Waals surface area contributed by atoms with Gasteiger partial charge < -0.3 is 5.73 Å². The zero-order chi connectivity index (χ0) is 10.3. The van der Waals surface area contributed by atoms with E-state index in [2.05, 4.69) is 33.8 Å². The van der Waals surface area contributed by atoms with E-state index in [-0.39, 0.29) is 0 Å². The van der Waals surface area contributed by atoms with Gasteiger partial charge in [0.25, 0.3) is 0 Å². The fourth-order valence-corrected chi connectivity index (χ4v) is 1.46. The number of rotatable bonds is 6. The smallest absolute Gasteiger partial charge is 0.00387 e. The van der Waals surface area contributed by atoms with Gasteiger partial charge in [0.05, 0.1) is 0 Å². The van der Waals surface area contributed by atoms with E-state index in [4.69, 9.17) is 5.73 Å². The van der Waals surface area contributed by atoms with Crippen LogP contribution in [0.15, 0.2) is 11.6 Å². The minimum atomic E-state index is 0.404. The third kappa shape index (κ3) is 8.04. The predicted molar refractivity (Wildman–Crippen MR) is 60.7 cm³/mol. The van der Waals surface area contributed by atoms with Crippen molar-refractivity contribution in [2.75, 3.05) is 0 Å². The van der Waals surface area contributed by atoms with E-state index in [1.807, 2.05) is 0 Å². The summed E-state index contributed by atoms with van der Waals surface area (Å²) < 4.78 is 0. The highest BCUT2D eigenvalue weighted by molar-refractivity contribution is 4.92. The van der Waals surface area contributed by atoms with Gasteiger partial charge in [-0.15, -0.1) is 0 Å². The summed E-state index contributed by atoms with van der Waals surface area (Å²) >= 11 is 0. The van der Waals surface area contributed by atoms with Gasteiger partial charge in [-0.1, -0.05) is 25.5 Å². The molecule has 0 amide bonds. The van der Waals surface area contributed by atoms with Crippen molar-refractivity contribution in [2.24, 2.45) is 11.7 Å². The second kappa shape index (κ2) is 7.14. The van der Waals surface area contributed by atoms with Crippen LogP contribution in [-0.4, -0.2) is 6.04 Å². The van der Waals surface area contributed by atoms with E-state index in [1.54, 1.807) is 0 Å². The maximum atomic E-state index is 5.89. The number of nitrogens with two attached hydrogens (primary N) is 1. The molecule has 1 nitrogen and oxygen atoms in total. The van der Waals surface area contributed by atoms with Crippen LogP contribution in [0.4, 0.5) is 0 Å². The summed E-state index contributed by atoms with van der Waals surface area (Å²) in [6, 6.07) is 0.404. The van der Waals surface area contributed by atoms with Crippen molar-refractivity contribution in [2.45, 2.75) is 59.4 Å². The van der Waals surface area contributed by atoms with Crippen LogP contribution in [0.5, 0.6) is 0 Å². The summed E-state index contributed by atoms with van der Waals surface area (Å²) in [6.45, 7) is 8.77. The molecule has 0 spiro atoms. The molecular formula is C12H25N. The molecule has 2 unspecified atom stereocenters. The van der Waals surface area contributed by atoms with E-state index in [1.165, 1.54) is 24.8 Å². The van der Waals surface area contributed by atoms with E-state index in [0.717, 1.165) is 12.3 Å². The highest BCUT2D eigenvalue weighted by atomic mass is 14.6. The second-order valence-corrected chi connectivity index (χ2v) is 4.37. The van der Waals surface area contributed by atoms with Crippen LogP contribution in [0.3, 0.4) is 0 Å². The van der Waals surface area contributed by atoms with Gasteiger partial charge in [0.2, 0.25) is 0 Å². The van der Waals surface area contributed by atoms with Crippen molar-refractivity contribution >= 4 is 0 Å². The lowest BCUT2D eigenvalue weighted by molar-refractivity contribution is 0.433. The average molecular weight is 183 g/mol. The minimum Gasteiger partial charge on any atom is -0.328 e. The zero-order valence-electron chi connectivity index (χ0n) is 9.64. The third-order valence-electron chi connectivity index (χ3n) is 2.44. The van der Waals surface area contributed by atoms with E-state index >= 15 is 0 Å². The molecular weight excluding hydrogens is 158 g/mol. The summed E-state index contributed by atoms with van der Waals surface area (Å²) in [7, 11) is 0. The lowest BCUT2D eigenvalue weighted by Gasteiger charge is -2.14. The fourth-order valence-electron chi connectivity index (χ4n) is 1.46. The zero-order valence-corrected chi connectivity index (χ0v) is 9.64. The van der Waals surface area contributed by atoms with Crippen molar-refractivity contribution in [1.29, 1.82) is 0 Å². The van der Waals surface area contributed by atoms with Crippen molar-refractivity contribution in [3.63, 3.8) is 0 Å². The number of hydrogen-bond donors (Lipinski definition) is 1. The molecule has 0 radical (unpaired) electrons. The van der Waals surface area contributed by atoms with Gasteiger partial charge >= 0.3 is 0 Å². The van der Waals surface area contributed by atoms with Gasteiger partial charge in [-0.25, -0.2) is 0 Å². The SMILES string of the molecule is CCC(N)CC(C)CCC=C(C)C. The quantitative estimate of drug-likeness (QED) is 0.627. The molecule has 13 heavy (non-hydrogen) atoms. The Bertz CT molecular complexity index is 145. The lowest BCUT2D eigenvalue weighted by atomic mass is 9.96. The van der Waals surface area contributed by atoms with Gasteiger partial charge in [-0.3, -0.25) is 0 Å². The Kier molecular flexibility index (Phi) is 6.97. The van der Waals surface area contributed by atoms with Gasteiger partial charge in [0, 0.05) is 6.04 Å². The Morgan fingerprint density at radius 3 is 2.46 bits per heavy atom. The van der Waals surface area contributed by atoms with Crippen LogP contribution in [0.25, 0.3) is 0 Å². The van der Waals surface area contributed by atoms with Crippen molar-refractivity contribution in [1.82, 2.24) is 0 Å². The monoisotopic (exact) mass is 183 g/mol. The first kappa shape index (κ1) is 12.7. The normalized spacial score (nSPS) is 15.2. The molecule has 0 saturated heterocycles. The topological polar surface area (TPSA) is 26.0 Å². The molecule has 0 aromatic carbocycles. The van der Waals surface area contributed by atoms with Gasteiger partial charge in [-0.2, -0.15) is 0 Å². The molecule has 0 heterocycles. The molecule has 0 fully saturated rings. The van der Waals surface area contributed by atoms with Crippen LogP contribution in [-0.2, 0) is 0 Å². The second-order valence-electron chi connectivity index (χ2n) is 4.37. The lowest BCUT2D eigenvalue weighted by Crippen LogP contribution is -2.21. The van der Waals surface area contributed by atoms with Gasteiger partial charge in [0.15, 0.2) is 0 Å². The first-order valence-corrected chi connectivity index (χ1v) is 5.45. The van der Waals surface area contributed by atoms with E-state index < -0.39 is 0 Å². The largest absolute Gasteiger partial charge is 0.328 e. The van der Waals surface area contributed by atoms with Crippen molar-refractivity contribution < 1.29 is 0 Å². The Morgan fingerprint density at radius 1 is 1.38 bits per heavy atom. The molecule has 0 aliphatic carbocycles. The van der Waals surface area contributed by atoms with Gasteiger partial charge in [0.1, 0.15) is 0 Å². The van der Waals surface area contributed by atoms with Crippen LogP contribution >= 0.6 is 0 Å². The molecule has 0 aliphatic rings. The number of hydrogen-bond acceptors (Lipinski definition) is 1. The molecule has 78 valence electrons. The molecule has 2 N–H and O–H groups in total. The molecule has 0 bridgehead atoms. The maximum Gasteiger partial charge on any atom is 0.00387 e. The Hall–Kier alpha value is -0.300. The first-order valence-electron chi connectivity index (χ1n) is 5.45. The Balaban J connectivity index is 3.51. The first-order chi connectivity index (χ1) is 6.06. The molecule has 0 aromatic heterocycles. The molecule has 0 saturated carbocycles. The van der Waals surface area contributed by atoms with Crippen molar-refractivity contribution in [3.8, 4) is 0 Å². The van der Waals surface area contributed by atoms with Crippen molar-refractivity contribution in [3.05, 3.63) is 11.6 Å². The highest BCUT2D eigenvalue weighted by Gasteiger charge is 2.06. The Labute approximate surface area is 83.4 Å². The van der Waals surface area contributed by atoms with Crippen LogP contribution in [0, 0.1) is 5.92 Å². The standard InChI is InChI=1S/C12H25N/c1-5-12(13)9-11(4)8-6-7-10(2)3/h7,11-12H,5-6,8-9,13H2,1-4H3. The minimum absolute atomic E-state index is 0.404. The summed E-state index contributed by atoms with van der Waals surface area (Å²) in [6.07, 6.45) is 7.08. The third-order valence-corrected chi connectivity index (χ3v) is 2.44. The molecule has 2 atom stereocenters. The predicted octanol–water partition coefficient (Wildman–Crippen LogP) is 3.50. The Morgan fingerprint density at radius 2 is 2.00 bits per heavy atom. The van der Waals surface area contributed by atoms with E-state index in [0.29, 0.717) is 6.04 Å². The van der Waals surface area contributed by atoms with Gasteiger partial charge in [-0.05, 0) is 45.4 Å². The fraction of sp³-hybridized carbons (Fsp3) is 0.833. The average Bonchev–Trinajstić information content (AvgIpc) is 2.03. The summed E-state index contributed by atoms with van der Waals surface area (Å²) in [4.78, 5) is 0. The highest BCUT2D eigenvalue weighted by Crippen LogP contribution is 2.14. The molecule has 0 aromatic rings. The molecule has 0 aliphatic heterocycles. The van der Waals surface area contributed by atoms with Crippen LogP contribution < -0.4 is 5.73 Å². The number of allylic oxidation sites excluding steroid dienone is 2. The molecule has 0 rings (SSSR count). The molecule has 1 heteroatoms. The van der Waals surface area contributed by atoms with E-state index in [9.17, 15) is 0 Å². The summed E-state index contributed by atoms with van der Waals surface area (Å²) in [5.41, 5.74) is 7.31. The maximum absolute atomic E-state index is 5.89.